The third-order valence-electron chi connectivity index (χ3n) is 3.08. The van der Waals surface area contributed by atoms with Crippen molar-refractivity contribution in [3.63, 3.8) is 0 Å². The molecule has 1 atom stereocenters. The van der Waals surface area contributed by atoms with Crippen LogP contribution >= 0.6 is 11.3 Å². The van der Waals surface area contributed by atoms with E-state index in [0.29, 0.717) is 17.8 Å². The molecular weight excluding hydrogens is 289 g/mol. The molecule has 0 spiro atoms. The predicted molar refractivity (Wildman–Crippen MR) is 69.0 cm³/mol. The van der Waals surface area contributed by atoms with Gasteiger partial charge in [-0.15, -0.1) is 11.3 Å². The zero-order valence-electron chi connectivity index (χ0n) is 10.1. The van der Waals surface area contributed by atoms with Gasteiger partial charge in [-0.05, 0) is 11.6 Å². The molecule has 104 valence electrons. The third-order valence-corrected chi connectivity index (χ3v) is 4.14. The van der Waals surface area contributed by atoms with Crippen molar-refractivity contribution in [1.29, 1.82) is 0 Å². The lowest BCUT2D eigenvalue weighted by atomic mass is 10.1. The van der Waals surface area contributed by atoms with Gasteiger partial charge >= 0.3 is 6.18 Å². The second-order valence-corrected chi connectivity index (χ2v) is 5.48. The lowest BCUT2D eigenvalue weighted by Gasteiger charge is -2.07. The summed E-state index contributed by atoms with van der Waals surface area (Å²) in [6.07, 6.45) is -3.02. The molecule has 1 aromatic heterocycles. The first kappa shape index (κ1) is 13.1. The molecule has 0 radical (unpaired) electrons. The zero-order valence-corrected chi connectivity index (χ0v) is 10.9. The van der Waals surface area contributed by atoms with Crippen molar-refractivity contribution in [2.75, 3.05) is 5.32 Å². The number of thiazole rings is 1. The summed E-state index contributed by atoms with van der Waals surface area (Å²) in [5.41, 5.74) is 1.85. The molecule has 20 heavy (non-hydrogen) atoms. The number of hydrogen-bond donors (Lipinski definition) is 1. The van der Waals surface area contributed by atoms with Crippen LogP contribution in [0.15, 0.2) is 30.5 Å². The van der Waals surface area contributed by atoms with Gasteiger partial charge < -0.3 is 5.32 Å². The maximum absolute atomic E-state index is 12.5. The number of para-hydroxylation sites is 1. The zero-order chi connectivity index (χ0) is 14.3. The third kappa shape index (κ3) is 2.29. The lowest BCUT2D eigenvalue weighted by Crippen LogP contribution is -2.26. The minimum Gasteiger partial charge on any atom is -0.374 e. The maximum atomic E-state index is 12.5. The van der Waals surface area contributed by atoms with Gasteiger partial charge in [0.25, 0.3) is 0 Å². The summed E-state index contributed by atoms with van der Waals surface area (Å²) in [5, 5.41) is 2.04. The van der Waals surface area contributed by atoms with Crippen molar-refractivity contribution < 1.29 is 18.0 Å². The Bertz CT molecular complexity index is 641. The van der Waals surface area contributed by atoms with E-state index in [4.69, 9.17) is 0 Å². The first-order valence-corrected chi connectivity index (χ1v) is 6.68. The van der Waals surface area contributed by atoms with Crippen LogP contribution in [0.4, 0.5) is 18.9 Å². The average Bonchev–Trinajstić information content (AvgIpc) is 3.04. The molecule has 1 unspecified atom stereocenters. The Morgan fingerprint density at radius 3 is 2.75 bits per heavy atom. The van der Waals surface area contributed by atoms with Crippen molar-refractivity contribution in [1.82, 2.24) is 4.98 Å². The largest absolute Gasteiger partial charge is 0.443 e. The SMILES string of the molecule is O=C(c1cnc(C(F)(F)F)s1)C1Cc2ccccc2N1. The molecule has 0 saturated carbocycles. The van der Waals surface area contributed by atoms with Crippen molar-refractivity contribution >= 4 is 22.8 Å². The van der Waals surface area contributed by atoms with Crippen LogP contribution in [0, 0.1) is 0 Å². The van der Waals surface area contributed by atoms with Crippen molar-refractivity contribution in [3.05, 3.63) is 45.9 Å². The van der Waals surface area contributed by atoms with Crippen LogP contribution in [0.5, 0.6) is 0 Å². The van der Waals surface area contributed by atoms with E-state index in [0.717, 1.165) is 17.4 Å². The molecule has 1 aliphatic heterocycles. The summed E-state index contributed by atoms with van der Waals surface area (Å²) >= 11 is 0.388. The Morgan fingerprint density at radius 1 is 1.35 bits per heavy atom. The molecule has 0 saturated heterocycles. The minimum atomic E-state index is -4.50. The number of benzene rings is 1. The standard InChI is InChI=1S/C13H9F3N2OS/c14-13(15,16)12-17-6-10(20-12)11(19)9-5-7-3-1-2-4-8(7)18-9/h1-4,6,9,18H,5H2. The molecule has 0 fully saturated rings. The summed E-state index contributed by atoms with van der Waals surface area (Å²) in [7, 11) is 0. The monoisotopic (exact) mass is 298 g/mol. The van der Waals surface area contributed by atoms with Crippen molar-refractivity contribution in [2.45, 2.75) is 18.6 Å². The molecule has 1 aromatic carbocycles. The molecular formula is C13H9F3N2OS. The summed E-state index contributed by atoms with van der Waals surface area (Å²) < 4.78 is 37.4. The van der Waals surface area contributed by atoms with Crippen LogP contribution in [-0.4, -0.2) is 16.8 Å². The maximum Gasteiger partial charge on any atom is 0.443 e. The molecule has 3 rings (SSSR count). The molecule has 2 heterocycles. The smallest absolute Gasteiger partial charge is 0.374 e. The summed E-state index contributed by atoms with van der Waals surface area (Å²) in [6, 6.07) is 6.92. The highest BCUT2D eigenvalue weighted by molar-refractivity contribution is 7.13. The van der Waals surface area contributed by atoms with Gasteiger partial charge in [0, 0.05) is 18.3 Å². The van der Waals surface area contributed by atoms with Gasteiger partial charge in [-0.3, -0.25) is 4.79 Å². The molecule has 1 aliphatic rings. The van der Waals surface area contributed by atoms with Crippen LogP contribution in [0.1, 0.15) is 20.2 Å². The number of Topliss-reactive ketones (excluding diaryl/α,β-unsaturated/α-hetero) is 1. The van der Waals surface area contributed by atoms with E-state index in [1.54, 1.807) is 0 Å². The summed E-state index contributed by atoms with van der Waals surface area (Å²) in [4.78, 5) is 15.5. The Hall–Kier alpha value is -1.89. The van der Waals surface area contributed by atoms with Gasteiger partial charge in [0.15, 0.2) is 10.8 Å². The van der Waals surface area contributed by atoms with E-state index in [9.17, 15) is 18.0 Å². The number of fused-ring (bicyclic) bond motifs is 1. The van der Waals surface area contributed by atoms with Crippen molar-refractivity contribution in [2.24, 2.45) is 0 Å². The molecule has 7 heteroatoms. The molecule has 1 N–H and O–H groups in total. The Morgan fingerprint density at radius 2 is 2.10 bits per heavy atom. The number of hydrogen-bond acceptors (Lipinski definition) is 4. The van der Waals surface area contributed by atoms with Gasteiger partial charge in [-0.25, -0.2) is 4.98 Å². The highest BCUT2D eigenvalue weighted by atomic mass is 32.1. The number of carbonyl (C=O) groups is 1. The van der Waals surface area contributed by atoms with E-state index in [-0.39, 0.29) is 10.7 Å². The molecule has 0 bridgehead atoms. The fourth-order valence-corrected chi connectivity index (χ4v) is 2.92. The number of alkyl halides is 3. The number of carbonyl (C=O) groups excluding carboxylic acids is 1. The van der Waals surface area contributed by atoms with E-state index < -0.39 is 17.2 Å². The second kappa shape index (κ2) is 4.59. The number of nitrogens with zero attached hydrogens (tertiary/aromatic N) is 1. The topological polar surface area (TPSA) is 42.0 Å². The van der Waals surface area contributed by atoms with Gasteiger partial charge in [0.05, 0.1) is 10.9 Å². The van der Waals surface area contributed by atoms with Crippen LogP contribution in [0.2, 0.25) is 0 Å². The second-order valence-electron chi connectivity index (χ2n) is 4.45. The van der Waals surface area contributed by atoms with Crippen LogP contribution in [0.3, 0.4) is 0 Å². The van der Waals surface area contributed by atoms with Gasteiger partial charge in [0.2, 0.25) is 0 Å². The predicted octanol–water partition coefficient (Wildman–Crippen LogP) is 3.38. The van der Waals surface area contributed by atoms with Crippen LogP contribution in [0.25, 0.3) is 0 Å². The molecule has 0 aliphatic carbocycles. The fraction of sp³-hybridized carbons (Fsp3) is 0.231. The van der Waals surface area contributed by atoms with Crippen LogP contribution in [-0.2, 0) is 12.6 Å². The van der Waals surface area contributed by atoms with E-state index in [2.05, 4.69) is 10.3 Å². The Kier molecular flexibility index (Phi) is 3.01. The molecule has 3 nitrogen and oxygen atoms in total. The number of nitrogens with one attached hydrogen (secondary N) is 1. The molecule has 2 aromatic rings. The average molecular weight is 298 g/mol. The fourth-order valence-electron chi connectivity index (χ4n) is 2.15. The van der Waals surface area contributed by atoms with E-state index in [1.165, 1.54) is 0 Å². The normalized spacial score (nSPS) is 17.6. The number of ketones is 1. The highest BCUT2D eigenvalue weighted by Crippen LogP contribution is 2.34. The van der Waals surface area contributed by atoms with Gasteiger partial charge in [-0.2, -0.15) is 13.2 Å². The van der Waals surface area contributed by atoms with Gasteiger partial charge in [-0.1, -0.05) is 18.2 Å². The first-order chi connectivity index (χ1) is 9.45. The minimum absolute atomic E-state index is 0.0302. The van der Waals surface area contributed by atoms with Crippen LogP contribution < -0.4 is 5.32 Å². The van der Waals surface area contributed by atoms with E-state index >= 15 is 0 Å². The number of rotatable bonds is 2. The lowest BCUT2D eigenvalue weighted by molar-refractivity contribution is -0.137. The first-order valence-electron chi connectivity index (χ1n) is 5.87. The number of halogens is 3. The number of aromatic nitrogens is 1. The highest BCUT2D eigenvalue weighted by Gasteiger charge is 2.36. The Labute approximate surface area is 116 Å². The number of anilines is 1. The summed E-state index contributed by atoms with van der Waals surface area (Å²) in [5.74, 6) is -0.353. The Balaban J connectivity index is 1.80. The molecule has 0 amide bonds. The summed E-state index contributed by atoms with van der Waals surface area (Å²) in [6.45, 7) is 0. The van der Waals surface area contributed by atoms with E-state index in [1.807, 2.05) is 24.3 Å². The quantitative estimate of drug-likeness (QED) is 0.864. The van der Waals surface area contributed by atoms with Gasteiger partial charge in [0.1, 0.15) is 0 Å². The van der Waals surface area contributed by atoms with Crippen molar-refractivity contribution in [3.8, 4) is 0 Å².